The molecule has 2 aromatic rings. The first-order valence-corrected chi connectivity index (χ1v) is 9.85. The molecular weight excluding hydrogens is 330 g/mol. The van der Waals surface area contributed by atoms with Crippen LogP contribution in [0.5, 0.6) is 5.75 Å². The van der Waals surface area contributed by atoms with Gasteiger partial charge in [-0.05, 0) is 80.0 Å². The zero-order valence-electron chi connectivity index (χ0n) is 15.7. The van der Waals surface area contributed by atoms with E-state index in [9.17, 15) is 8.78 Å². The molecule has 1 aliphatic carbocycles. The van der Waals surface area contributed by atoms with Crippen LogP contribution in [0.2, 0.25) is 0 Å². The summed E-state index contributed by atoms with van der Waals surface area (Å²) in [5.41, 5.74) is 0.537. The van der Waals surface area contributed by atoms with E-state index in [4.69, 9.17) is 4.74 Å². The van der Waals surface area contributed by atoms with Gasteiger partial charge in [0.2, 0.25) is 0 Å². The Kier molecular flexibility index (Phi) is 6.29. The molecule has 2 aromatic carbocycles. The molecule has 140 valence electrons. The van der Waals surface area contributed by atoms with Crippen LogP contribution in [0.25, 0.3) is 10.8 Å². The van der Waals surface area contributed by atoms with Crippen LogP contribution in [-0.4, -0.2) is 6.61 Å². The van der Waals surface area contributed by atoms with Crippen LogP contribution in [0.4, 0.5) is 8.78 Å². The number of hydrogen-bond donors (Lipinski definition) is 0. The van der Waals surface area contributed by atoms with Gasteiger partial charge in [0.15, 0.2) is 11.6 Å². The van der Waals surface area contributed by atoms with Gasteiger partial charge in [-0.1, -0.05) is 31.6 Å². The number of ether oxygens (including phenoxy) is 1. The van der Waals surface area contributed by atoms with Crippen molar-refractivity contribution in [3.05, 3.63) is 53.6 Å². The number of rotatable bonds is 6. The maximum atomic E-state index is 14.7. The predicted molar refractivity (Wildman–Crippen MR) is 104 cm³/mol. The number of halogens is 2. The van der Waals surface area contributed by atoms with Gasteiger partial charge in [0.25, 0.3) is 0 Å². The van der Waals surface area contributed by atoms with Gasteiger partial charge in [0, 0.05) is 5.39 Å². The van der Waals surface area contributed by atoms with Crippen molar-refractivity contribution in [2.75, 3.05) is 6.61 Å². The molecule has 0 N–H and O–H groups in total. The van der Waals surface area contributed by atoms with Crippen LogP contribution < -0.4 is 4.74 Å². The van der Waals surface area contributed by atoms with Crippen molar-refractivity contribution >= 4 is 10.8 Å². The molecule has 0 spiro atoms. The predicted octanol–water partition coefficient (Wildman–Crippen LogP) is 7.15. The minimum Gasteiger partial charge on any atom is -0.494 e. The van der Waals surface area contributed by atoms with E-state index in [1.807, 2.05) is 25.1 Å². The SMILES string of the molecule is CCC/C=C/C1CCC(c2cc3ccc(OCC)cc3c(F)c2F)CC1. The lowest BCUT2D eigenvalue weighted by Gasteiger charge is -2.27. The Morgan fingerprint density at radius 3 is 2.50 bits per heavy atom. The van der Waals surface area contributed by atoms with Gasteiger partial charge in [0.05, 0.1) is 6.61 Å². The molecule has 3 rings (SSSR count). The van der Waals surface area contributed by atoms with E-state index in [1.54, 1.807) is 6.07 Å². The highest BCUT2D eigenvalue weighted by atomic mass is 19.2. The van der Waals surface area contributed by atoms with Gasteiger partial charge in [-0.3, -0.25) is 0 Å². The third kappa shape index (κ3) is 4.08. The van der Waals surface area contributed by atoms with E-state index in [-0.39, 0.29) is 5.92 Å². The van der Waals surface area contributed by atoms with Crippen LogP contribution in [-0.2, 0) is 0 Å². The molecule has 0 unspecified atom stereocenters. The zero-order valence-corrected chi connectivity index (χ0v) is 15.7. The quantitative estimate of drug-likeness (QED) is 0.498. The van der Waals surface area contributed by atoms with E-state index in [2.05, 4.69) is 19.1 Å². The maximum Gasteiger partial charge on any atom is 0.167 e. The second-order valence-corrected chi connectivity index (χ2v) is 7.24. The van der Waals surface area contributed by atoms with E-state index in [0.29, 0.717) is 29.2 Å². The summed E-state index contributed by atoms with van der Waals surface area (Å²) in [4.78, 5) is 0. The van der Waals surface area contributed by atoms with Gasteiger partial charge in [0.1, 0.15) is 5.75 Å². The van der Waals surface area contributed by atoms with Gasteiger partial charge < -0.3 is 4.74 Å². The summed E-state index contributed by atoms with van der Waals surface area (Å²) < 4.78 is 34.8. The van der Waals surface area contributed by atoms with Crippen molar-refractivity contribution < 1.29 is 13.5 Å². The smallest absolute Gasteiger partial charge is 0.167 e. The van der Waals surface area contributed by atoms with Crippen LogP contribution in [0.15, 0.2) is 36.4 Å². The van der Waals surface area contributed by atoms with Crippen molar-refractivity contribution in [3.63, 3.8) is 0 Å². The minimum absolute atomic E-state index is 0.108. The molecule has 0 aromatic heterocycles. The molecule has 0 heterocycles. The van der Waals surface area contributed by atoms with E-state index >= 15 is 0 Å². The molecule has 0 amide bonds. The van der Waals surface area contributed by atoms with Crippen LogP contribution in [0, 0.1) is 17.6 Å². The van der Waals surface area contributed by atoms with E-state index in [0.717, 1.165) is 37.5 Å². The molecule has 1 nitrogen and oxygen atoms in total. The number of hydrogen-bond acceptors (Lipinski definition) is 1. The highest BCUT2D eigenvalue weighted by Crippen LogP contribution is 2.39. The Labute approximate surface area is 155 Å². The van der Waals surface area contributed by atoms with Crippen molar-refractivity contribution in [2.45, 2.75) is 58.3 Å². The normalized spacial score (nSPS) is 20.8. The second-order valence-electron chi connectivity index (χ2n) is 7.24. The van der Waals surface area contributed by atoms with E-state index < -0.39 is 11.6 Å². The monoisotopic (exact) mass is 358 g/mol. The largest absolute Gasteiger partial charge is 0.494 e. The number of fused-ring (bicyclic) bond motifs is 1. The summed E-state index contributed by atoms with van der Waals surface area (Å²) in [6.07, 6.45) is 10.8. The Bertz CT molecular complexity index is 773. The first kappa shape index (κ1) is 18.9. The third-order valence-corrected chi connectivity index (χ3v) is 5.40. The van der Waals surface area contributed by atoms with E-state index in [1.165, 1.54) is 6.42 Å². The molecule has 0 radical (unpaired) electrons. The fourth-order valence-corrected chi connectivity index (χ4v) is 3.96. The number of unbranched alkanes of at least 4 members (excludes halogenated alkanes) is 1. The Morgan fingerprint density at radius 1 is 1.04 bits per heavy atom. The van der Waals surface area contributed by atoms with Crippen molar-refractivity contribution in [1.29, 1.82) is 0 Å². The molecule has 0 atom stereocenters. The molecule has 26 heavy (non-hydrogen) atoms. The Hall–Kier alpha value is -1.90. The molecule has 3 heteroatoms. The molecule has 1 aliphatic rings. The van der Waals surface area contributed by atoms with Crippen molar-refractivity contribution in [2.24, 2.45) is 5.92 Å². The standard InChI is InChI=1S/C23H28F2O/c1-3-5-6-7-16-8-10-17(11-9-16)20-14-18-12-13-19(26-4-2)15-21(18)23(25)22(20)24/h6-7,12-17H,3-5,8-11H2,1-2H3/b7-6+. The first-order chi connectivity index (χ1) is 12.6. The molecule has 0 bridgehead atoms. The van der Waals surface area contributed by atoms with Crippen molar-refractivity contribution in [3.8, 4) is 5.75 Å². The summed E-state index contributed by atoms with van der Waals surface area (Å²) in [5.74, 6) is -0.165. The maximum absolute atomic E-state index is 14.7. The Balaban J connectivity index is 1.80. The summed E-state index contributed by atoms with van der Waals surface area (Å²) in [6, 6.07) is 7.08. The lowest BCUT2D eigenvalue weighted by molar-refractivity contribution is 0.340. The molecule has 1 fully saturated rings. The van der Waals surface area contributed by atoms with Crippen LogP contribution in [0.3, 0.4) is 0 Å². The highest BCUT2D eigenvalue weighted by Gasteiger charge is 2.25. The third-order valence-electron chi connectivity index (χ3n) is 5.40. The first-order valence-electron chi connectivity index (χ1n) is 9.85. The Morgan fingerprint density at radius 2 is 1.81 bits per heavy atom. The zero-order chi connectivity index (χ0) is 18.5. The molecular formula is C23H28F2O. The van der Waals surface area contributed by atoms with Gasteiger partial charge in [-0.25, -0.2) is 8.78 Å². The summed E-state index contributed by atoms with van der Waals surface area (Å²) >= 11 is 0. The molecule has 1 saturated carbocycles. The number of allylic oxidation sites excluding steroid dienone is 2. The van der Waals surface area contributed by atoms with Gasteiger partial charge in [-0.15, -0.1) is 0 Å². The van der Waals surface area contributed by atoms with Gasteiger partial charge in [-0.2, -0.15) is 0 Å². The summed E-state index contributed by atoms with van der Waals surface area (Å²) in [5, 5.41) is 1.04. The lowest BCUT2D eigenvalue weighted by Crippen LogP contribution is -2.13. The minimum atomic E-state index is -0.746. The highest BCUT2D eigenvalue weighted by molar-refractivity contribution is 5.85. The number of benzene rings is 2. The second kappa shape index (κ2) is 8.66. The summed E-state index contributed by atoms with van der Waals surface area (Å²) in [7, 11) is 0. The topological polar surface area (TPSA) is 9.23 Å². The van der Waals surface area contributed by atoms with Gasteiger partial charge >= 0.3 is 0 Å². The average molecular weight is 358 g/mol. The lowest BCUT2D eigenvalue weighted by atomic mass is 9.78. The molecule has 0 aliphatic heterocycles. The van der Waals surface area contributed by atoms with Crippen LogP contribution >= 0.6 is 0 Å². The average Bonchev–Trinajstić information content (AvgIpc) is 2.66. The summed E-state index contributed by atoms with van der Waals surface area (Å²) in [6.45, 7) is 4.55. The molecule has 0 saturated heterocycles. The fourth-order valence-electron chi connectivity index (χ4n) is 3.96. The van der Waals surface area contributed by atoms with Crippen molar-refractivity contribution in [1.82, 2.24) is 0 Å². The van der Waals surface area contributed by atoms with Crippen LogP contribution in [0.1, 0.15) is 63.9 Å². The fraction of sp³-hybridized carbons (Fsp3) is 0.478.